The van der Waals surface area contributed by atoms with Crippen LogP contribution >= 0.6 is 0 Å². The van der Waals surface area contributed by atoms with Gasteiger partial charge in [0, 0.05) is 18.8 Å². The molecule has 9 nitrogen and oxygen atoms in total. The van der Waals surface area contributed by atoms with E-state index in [9.17, 15) is 14.0 Å². The molecule has 11 heteroatoms. The minimum absolute atomic E-state index is 0.00707. The number of amides is 2. The summed E-state index contributed by atoms with van der Waals surface area (Å²) in [7, 11) is 0. The fourth-order valence-corrected chi connectivity index (χ4v) is 5.02. The number of pyridine rings is 2. The molecule has 1 aliphatic carbocycles. The Bertz CT molecular complexity index is 1890. The summed E-state index contributed by atoms with van der Waals surface area (Å²) >= 11 is 0. The third-order valence-corrected chi connectivity index (χ3v) is 7.00. The maximum Gasteiger partial charge on any atom is 0.413 e. The van der Waals surface area contributed by atoms with Crippen LogP contribution in [0, 0.1) is 17.6 Å². The normalized spacial score (nSPS) is 13.5. The van der Waals surface area contributed by atoms with E-state index in [2.05, 4.69) is 15.3 Å². The highest BCUT2D eigenvalue weighted by Crippen LogP contribution is 2.38. The van der Waals surface area contributed by atoms with Crippen molar-refractivity contribution in [2.75, 3.05) is 5.32 Å². The molecule has 3 aromatic heterocycles. The fourth-order valence-electron chi connectivity index (χ4n) is 5.02. The summed E-state index contributed by atoms with van der Waals surface area (Å²) in [5.41, 5.74) is 7.59. The lowest BCUT2D eigenvalue weighted by Gasteiger charge is -2.19. The van der Waals surface area contributed by atoms with Gasteiger partial charge in [0.25, 0.3) is 5.91 Å². The van der Waals surface area contributed by atoms with E-state index in [0.29, 0.717) is 46.0 Å². The van der Waals surface area contributed by atoms with Crippen molar-refractivity contribution >= 4 is 39.8 Å². The van der Waals surface area contributed by atoms with E-state index < -0.39 is 29.2 Å². The number of hydrogen-bond donors (Lipinski definition) is 2. The Balaban J connectivity index is 1.56. The van der Waals surface area contributed by atoms with E-state index in [4.69, 9.17) is 15.5 Å². The van der Waals surface area contributed by atoms with E-state index in [1.165, 1.54) is 12.4 Å². The Morgan fingerprint density at radius 1 is 1.00 bits per heavy atom. The number of carbonyl (C=O) groups excluding carboxylic acids is 2. The van der Waals surface area contributed by atoms with E-state index in [1.54, 1.807) is 55.7 Å². The number of fused-ring (bicyclic) bond motifs is 2. The van der Waals surface area contributed by atoms with Gasteiger partial charge in [0.05, 0.1) is 22.2 Å². The topological polar surface area (TPSA) is 125 Å². The molecule has 1 aliphatic rings. The highest BCUT2D eigenvalue weighted by molar-refractivity contribution is 6.07. The predicted molar refractivity (Wildman–Crippen MR) is 154 cm³/mol. The molecule has 0 aliphatic heterocycles. The summed E-state index contributed by atoms with van der Waals surface area (Å²) in [6.07, 6.45) is 4.91. The van der Waals surface area contributed by atoms with Gasteiger partial charge in [-0.2, -0.15) is 0 Å². The number of anilines is 1. The van der Waals surface area contributed by atoms with E-state index in [-0.39, 0.29) is 22.3 Å². The SMILES string of the molecule is CC(C)(C)OC(=O)Nc1cc(-c2cc(C(N)=O)c3nc(CC4CC4)n(-c4ccnc5c(F)ccc(F)c45)c3c2)ccn1. The number of carbonyl (C=O) groups is 2. The van der Waals surface area contributed by atoms with Crippen LogP contribution in [-0.2, 0) is 11.2 Å². The highest BCUT2D eigenvalue weighted by atomic mass is 19.1. The van der Waals surface area contributed by atoms with E-state index in [0.717, 1.165) is 25.0 Å². The smallest absolute Gasteiger partial charge is 0.413 e. The van der Waals surface area contributed by atoms with Gasteiger partial charge in [0.15, 0.2) is 0 Å². The molecule has 1 fully saturated rings. The van der Waals surface area contributed by atoms with Crippen LogP contribution in [-0.4, -0.2) is 37.1 Å². The van der Waals surface area contributed by atoms with Gasteiger partial charge in [-0.25, -0.2) is 23.5 Å². The minimum Gasteiger partial charge on any atom is -0.444 e. The average molecular weight is 571 g/mol. The summed E-state index contributed by atoms with van der Waals surface area (Å²) < 4.78 is 37.1. The monoisotopic (exact) mass is 570 g/mol. The van der Waals surface area contributed by atoms with Crippen molar-refractivity contribution in [3.05, 3.63) is 77.9 Å². The number of aromatic nitrogens is 4. The number of nitrogens with one attached hydrogen (secondary N) is 1. The van der Waals surface area contributed by atoms with Crippen molar-refractivity contribution in [1.29, 1.82) is 0 Å². The third-order valence-electron chi connectivity index (χ3n) is 7.00. The Kier molecular flexibility index (Phi) is 6.59. The molecule has 0 spiro atoms. The van der Waals surface area contributed by atoms with Gasteiger partial charge in [0.1, 0.15) is 39.9 Å². The second-order valence-electron chi connectivity index (χ2n) is 11.4. The maximum atomic E-state index is 15.3. The van der Waals surface area contributed by atoms with Crippen LogP contribution in [0.25, 0.3) is 38.8 Å². The molecule has 1 saturated carbocycles. The van der Waals surface area contributed by atoms with Gasteiger partial charge in [-0.1, -0.05) is 0 Å². The lowest BCUT2D eigenvalue weighted by molar-refractivity contribution is 0.0635. The summed E-state index contributed by atoms with van der Waals surface area (Å²) in [6, 6.07) is 10.5. The number of nitrogens with two attached hydrogens (primary N) is 1. The highest BCUT2D eigenvalue weighted by Gasteiger charge is 2.28. The Morgan fingerprint density at radius 3 is 2.45 bits per heavy atom. The quantitative estimate of drug-likeness (QED) is 0.246. The summed E-state index contributed by atoms with van der Waals surface area (Å²) in [4.78, 5) is 38.2. The number of imidazole rings is 1. The molecule has 0 bridgehead atoms. The molecule has 0 radical (unpaired) electrons. The molecule has 42 heavy (non-hydrogen) atoms. The zero-order valence-corrected chi connectivity index (χ0v) is 23.2. The third kappa shape index (κ3) is 5.25. The molecule has 2 amide bonds. The summed E-state index contributed by atoms with van der Waals surface area (Å²) in [5.74, 6) is -0.738. The van der Waals surface area contributed by atoms with Crippen molar-refractivity contribution < 1.29 is 23.1 Å². The molecule has 3 N–H and O–H groups in total. The van der Waals surface area contributed by atoms with Crippen molar-refractivity contribution in [2.24, 2.45) is 11.7 Å². The fraction of sp³-hybridized carbons (Fsp3) is 0.258. The van der Waals surface area contributed by atoms with Crippen molar-refractivity contribution in [1.82, 2.24) is 19.5 Å². The zero-order valence-electron chi connectivity index (χ0n) is 23.2. The van der Waals surface area contributed by atoms with Crippen LogP contribution < -0.4 is 11.1 Å². The van der Waals surface area contributed by atoms with Gasteiger partial charge in [-0.3, -0.25) is 19.7 Å². The number of ether oxygens (including phenoxy) is 1. The average Bonchev–Trinajstić information content (AvgIpc) is 3.67. The van der Waals surface area contributed by atoms with Gasteiger partial charge in [-0.15, -0.1) is 0 Å². The molecule has 5 aromatic rings. The first-order valence-electron chi connectivity index (χ1n) is 13.5. The molecule has 0 saturated heterocycles. The molecular formula is C31H28F2N6O3. The molecule has 3 heterocycles. The Morgan fingerprint density at radius 2 is 1.74 bits per heavy atom. The molecule has 2 aromatic carbocycles. The first kappa shape index (κ1) is 27.3. The number of rotatable bonds is 6. The number of nitrogens with zero attached hydrogens (tertiary/aromatic N) is 4. The second kappa shape index (κ2) is 10.2. The van der Waals surface area contributed by atoms with E-state index >= 15 is 4.39 Å². The largest absolute Gasteiger partial charge is 0.444 e. The molecule has 0 atom stereocenters. The number of primary amides is 1. The van der Waals surface area contributed by atoms with Crippen molar-refractivity contribution in [3.8, 4) is 16.8 Å². The second-order valence-corrected chi connectivity index (χ2v) is 11.4. The maximum absolute atomic E-state index is 15.3. The van der Waals surface area contributed by atoms with Crippen LogP contribution in [0.1, 0.15) is 49.8 Å². The lowest BCUT2D eigenvalue weighted by atomic mass is 10.0. The standard InChI is InChI=1S/C31H28F2N6O3/c1-31(2,3)42-30(41)37-24-15-17(8-10-35-24)18-13-19(29(34)40)27-23(14-18)39(25(38-27)12-16-4-5-16)22-9-11-36-28-21(33)7-6-20(32)26(22)28/h6-11,13-16H,4-5,12H2,1-3H3,(H2,34,40)(H,35,37,41). The molecule has 214 valence electrons. The van der Waals surface area contributed by atoms with Crippen LogP contribution in [0.2, 0.25) is 0 Å². The molecule has 0 unspecified atom stereocenters. The number of halogens is 2. The Labute approximate surface area is 239 Å². The van der Waals surface area contributed by atoms with Crippen LogP contribution in [0.3, 0.4) is 0 Å². The number of hydrogen-bond acceptors (Lipinski definition) is 6. The molecule has 6 rings (SSSR count). The molecular weight excluding hydrogens is 542 g/mol. The summed E-state index contributed by atoms with van der Waals surface area (Å²) in [5, 5.41) is 2.63. The van der Waals surface area contributed by atoms with Gasteiger partial charge < -0.3 is 10.5 Å². The van der Waals surface area contributed by atoms with Crippen molar-refractivity contribution in [2.45, 2.75) is 45.6 Å². The number of benzene rings is 2. The van der Waals surface area contributed by atoms with Gasteiger partial charge >= 0.3 is 6.09 Å². The van der Waals surface area contributed by atoms with E-state index in [1.807, 2.05) is 0 Å². The van der Waals surface area contributed by atoms with Gasteiger partial charge in [0.2, 0.25) is 0 Å². The van der Waals surface area contributed by atoms with Gasteiger partial charge in [-0.05, 0) is 93.1 Å². The predicted octanol–water partition coefficient (Wildman–Crippen LogP) is 6.31. The Hall–Kier alpha value is -4.93. The van der Waals surface area contributed by atoms with Crippen LogP contribution in [0.5, 0.6) is 0 Å². The minimum atomic E-state index is -0.695. The lowest BCUT2D eigenvalue weighted by Crippen LogP contribution is -2.27. The van der Waals surface area contributed by atoms with Crippen LogP contribution in [0.4, 0.5) is 19.4 Å². The zero-order chi connectivity index (χ0) is 29.8. The first-order valence-corrected chi connectivity index (χ1v) is 13.5. The summed E-state index contributed by atoms with van der Waals surface area (Å²) in [6.45, 7) is 5.26. The van der Waals surface area contributed by atoms with Crippen molar-refractivity contribution in [3.63, 3.8) is 0 Å². The first-order chi connectivity index (χ1) is 20.0. The van der Waals surface area contributed by atoms with Crippen LogP contribution in [0.15, 0.2) is 54.9 Å².